The van der Waals surface area contributed by atoms with Crippen LogP contribution in [0, 0.1) is 5.92 Å². The first-order valence-electron chi connectivity index (χ1n) is 7.15. The van der Waals surface area contributed by atoms with Gasteiger partial charge >= 0.3 is 5.97 Å². The van der Waals surface area contributed by atoms with E-state index in [4.69, 9.17) is 16.3 Å². The molecule has 116 valence electrons. The van der Waals surface area contributed by atoms with Gasteiger partial charge in [-0.25, -0.2) is 4.98 Å². The van der Waals surface area contributed by atoms with Crippen LogP contribution >= 0.6 is 22.9 Å². The van der Waals surface area contributed by atoms with Gasteiger partial charge in [0.25, 0.3) is 0 Å². The van der Waals surface area contributed by atoms with E-state index >= 15 is 0 Å². The minimum atomic E-state index is -0.135. The number of thiazole rings is 1. The molecule has 1 amide bonds. The molecule has 0 radical (unpaired) electrons. The zero-order valence-electron chi connectivity index (χ0n) is 12.0. The lowest BCUT2D eigenvalue weighted by Crippen LogP contribution is -2.24. The van der Waals surface area contributed by atoms with Gasteiger partial charge in [0.05, 0.1) is 18.2 Å². The van der Waals surface area contributed by atoms with Gasteiger partial charge in [0.2, 0.25) is 5.91 Å². The molecule has 7 heteroatoms. The van der Waals surface area contributed by atoms with Crippen molar-refractivity contribution < 1.29 is 14.3 Å². The fourth-order valence-corrected chi connectivity index (χ4v) is 3.54. The second kappa shape index (κ2) is 7.75. The Morgan fingerprint density at radius 3 is 3.05 bits per heavy atom. The molecule has 1 heterocycles. The summed E-state index contributed by atoms with van der Waals surface area (Å²) in [6.07, 6.45) is 3.23. The lowest BCUT2D eigenvalue weighted by atomic mass is 9.91. The van der Waals surface area contributed by atoms with E-state index in [2.05, 4.69) is 10.3 Å². The highest BCUT2D eigenvalue weighted by molar-refractivity contribution is 7.15. The highest BCUT2D eigenvalue weighted by atomic mass is 35.5. The third kappa shape index (κ3) is 4.41. The number of halogens is 1. The van der Waals surface area contributed by atoms with E-state index in [9.17, 15) is 9.59 Å². The summed E-state index contributed by atoms with van der Waals surface area (Å²) in [6.45, 7) is 2.22. The summed E-state index contributed by atoms with van der Waals surface area (Å²) in [4.78, 5) is 29.0. The maximum Gasteiger partial charge on any atom is 0.309 e. The van der Waals surface area contributed by atoms with Crippen LogP contribution in [0.2, 0.25) is 0 Å². The molecule has 1 aliphatic carbocycles. The van der Waals surface area contributed by atoms with Crippen molar-refractivity contribution in [3.63, 3.8) is 0 Å². The van der Waals surface area contributed by atoms with Crippen LogP contribution in [0.5, 0.6) is 0 Å². The summed E-state index contributed by atoms with van der Waals surface area (Å²) in [5, 5.41) is 3.41. The third-order valence-electron chi connectivity index (χ3n) is 3.34. The quantitative estimate of drug-likeness (QED) is 0.643. The summed E-state index contributed by atoms with van der Waals surface area (Å²) in [6, 6.07) is 0. The van der Waals surface area contributed by atoms with Gasteiger partial charge < -0.3 is 10.1 Å². The minimum absolute atomic E-state index is 0.0660. The van der Waals surface area contributed by atoms with E-state index in [0.717, 1.165) is 23.4 Å². The summed E-state index contributed by atoms with van der Waals surface area (Å²) in [5.41, 5.74) is 0.994. The number of aryl methyl sites for hydroxylation is 1. The van der Waals surface area contributed by atoms with Gasteiger partial charge in [-0.05, 0) is 32.6 Å². The third-order valence-corrected chi connectivity index (χ3v) is 4.65. The lowest BCUT2D eigenvalue weighted by molar-refractivity contribution is -0.148. The first kappa shape index (κ1) is 16.2. The number of anilines is 1. The maximum atomic E-state index is 11.8. The number of nitrogens with zero attached hydrogens (tertiary/aromatic N) is 1. The van der Waals surface area contributed by atoms with Crippen molar-refractivity contribution in [2.24, 2.45) is 5.92 Å². The highest BCUT2D eigenvalue weighted by Gasteiger charge is 2.28. The number of carbonyl (C=O) groups excluding carboxylic acids is 2. The maximum absolute atomic E-state index is 11.8. The molecule has 5 nitrogen and oxygen atoms in total. The zero-order chi connectivity index (χ0) is 15.2. The van der Waals surface area contributed by atoms with Gasteiger partial charge in [0, 0.05) is 17.2 Å². The molecular weight excluding hydrogens is 312 g/mol. The van der Waals surface area contributed by atoms with Crippen LogP contribution in [0.1, 0.15) is 36.8 Å². The number of carbonyl (C=O) groups is 2. The summed E-state index contributed by atoms with van der Waals surface area (Å²) in [7, 11) is 0. The molecule has 21 heavy (non-hydrogen) atoms. The number of hydrogen-bond acceptors (Lipinski definition) is 5. The van der Waals surface area contributed by atoms with E-state index in [-0.39, 0.29) is 17.8 Å². The normalized spacial score (nSPS) is 17.1. The number of esters is 1. The van der Waals surface area contributed by atoms with Crippen LogP contribution in [0.4, 0.5) is 5.13 Å². The molecule has 1 aliphatic rings. The predicted octanol–water partition coefficient (Wildman–Crippen LogP) is 2.77. The van der Waals surface area contributed by atoms with Gasteiger partial charge in [-0.15, -0.1) is 22.9 Å². The van der Waals surface area contributed by atoms with Crippen molar-refractivity contribution in [1.29, 1.82) is 0 Å². The Morgan fingerprint density at radius 1 is 1.52 bits per heavy atom. The topological polar surface area (TPSA) is 68.3 Å². The molecule has 0 saturated carbocycles. The molecule has 1 aromatic rings. The van der Waals surface area contributed by atoms with Crippen LogP contribution in [0.25, 0.3) is 0 Å². The largest absolute Gasteiger partial charge is 0.466 e. The number of rotatable bonds is 6. The molecular formula is C14H19ClN2O3S. The standard InChI is InChI=1S/C14H19ClN2O3S/c1-2-20-13(19)9-5-6-10-11(8-9)21-14(16-10)17-12(18)4-3-7-15/h9H,2-8H2,1H3,(H,16,17,18). The highest BCUT2D eigenvalue weighted by Crippen LogP contribution is 2.32. The van der Waals surface area contributed by atoms with Crippen molar-refractivity contribution in [3.05, 3.63) is 10.6 Å². The fraction of sp³-hybridized carbons (Fsp3) is 0.643. The first-order chi connectivity index (χ1) is 10.1. The minimum Gasteiger partial charge on any atom is -0.466 e. The SMILES string of the molecule is CCOC(=O)C1CCc2nc(NC(=O)CCCCl)sc2C1. The van der Waals surface area contributed by atoms with Gasteiger partial charge in [0.1, 0.15) is 0 Å². The number of fused-ring (bicyclic) bond motifs is 1. The molecule has 1 atom stereocenters. The number of nitrogens with one attached hydrogen (secondary N) is 1. The Morgan fingerprint density at radius 2 is 2.33 bits per heavy atom. The monoisotopic (exact) mass is 330 g/mol. The van der Waals surface area contributed by atoms with E-state index < -0.39 is 0 Å². The van der Waals surface area contributed by atoms with Crippen LogP contribution in [-0.2, 0) is 27.2 Å². The first-order valence-corrected chi connectivity index (χ1v) is 8.50. The lowest BCUT2D eigenvalue weighted by Gasteiger charge is -2.18. The summed E-state index contributed by atoms with van der Waals surface area (Å²) >= 11 is 7.02. The van der Waals surface area contributed by atoms with E-state index in [1.807, 2.05) is 6.92 Å². The zero-order valence-corrected chi connectivity index (χ0v) is 13.6. The Bertz CT molecular complexity index is 518. The van der Waals surface area contributed by atoms with Gasteiger partial charge in [-0.2, -0.15) is 0 Å². The smallest absolute Gasteiger partial charge is 0.309 e. The van der Waals surface area contributed by atoms with Gasteiger partial charge in [-0.1, -0.05) is 0 Å². The average molecular weight is 331 g/mol. The van der Waals surface area contributed by atoms with Crippen LogP contribution in [0.15, 0.2) is 0 Å². The molecule has 0 fully saturated rings. The van der Waals surface area contributed by atoms with Crippen molar-refractivity contribution >= 4 is 39.9 Å². The molecule has 1 N–H and O–H groups in total. The molecule has 2 rings (SSSR count). The Hall–Kier alpha value is -1.14. The van der Waals surface area contributed by atoms with Crippen molar-refractivity contribution in [1.82, 2.24) is 4.98 Å². The summed E-state index contributed by atoms with van der Waals surface area (Å²) < 4.78 is 5.08. The van der Waals surface area contributed by atoms with Crippen molar-refractivity contribution in [2.45, 2.75) is 39.0 Å². The van der Waals surface area contributed by atoms with E-state index in [1.165, 1.54) is 11.3 Å². The fourth-order valence-electron chi connectivity index (χ4n) is 2.30. The van der Waals surface area contributed by atoms with Crippen molar-refractivity contribution in [3.8, 4) is 0 Å². The number of aromatic nitrogens is 1. The molecule has 1 aromatic heterocycles. The molecule has 1 unspecified atom stereocenters. The molecule has 0 aliphatic heterocycles. The summed E-state index contributed by atoms with van der Waals surface area (Å²) in [5.74, 6) is 0.189. The molecule has 0 saturated heterocycles. The molecule has 0 bridgehead atoms. The second-order valence-electron chi connectivity index (χ2n) is 4.92. The number of amides is 1. The van der Waals surface area contributed by atoms with E-state index in [0.29, 0.717) is 36.9 Å². The number of alkyl halides is 1. The Kier molecular flexibility index (Phi) is 5.99. The van der Waals surface area contributed by atoms with Gasteiger partial charge in [0.15, 0.2) is 5.13 Å². The van der Waals surface area contributed by atoms with Crippen LogP contribution in [-0.4, -0.2) is 29.3 Å². The second-order valence-corrected chi connectivity index (χ2v) is 6.38. The average Bonchev–Trinajstić information content (AvgIpc) is 2.86. The number of hydrogen-bond donors (Lipinski definition) is 1. The number of ether oxygens (including phenoxy) is 1. The van der Waals surface area contributed by atoms with Crippen molar-refractivity contribution in [2.75, 3.05) is 17.8 Å². The van der Waals surface area contributed by atoms with E-state index in [1.54, 1.807) is 0 Å². The van der Waals surface area contributed by atoms with Gasteiger partial charge in [-0.3, -0.25) is 9.59 Å². The Labute approximate surface area is 133 Å². The Balaban J connectivity index is 1.96. The molecule has 0 spiro atoms. The predicted molar refractivity (Wildman–Crippen MR) is 82.8 cm³/mol. The molecule has 0 aromatic carbocycles. The van der Waals surface area contributed by atoms with Crippen LogP contribution < -0.4 is 5.32 Å². The van der Waals surface area contributed by atoms with Crippen LogP contribution in [0.3, 0.4) is 0 Å².